The van der Waals surface area contributed by atoms with E-state index in [9.17, 15) is 14.9 Å². The van der Waals surface area contributed by atoms with Crippen molar-refractivity contribution in [2.45, 2.75) is 10.9 Å². The Bertz CT molecular complexity index is 671. The van der Waals surface area contributed by atoms with Gasteiger partial charge in [0, 0.05) is 23.4 Å². The Labute approximate surface area is 112 Å². The topological polar surface area (TPSA) is 115 Å². The molecule has 1 aromatic heterocycles. The van der Waals surface area contributed by atoms with Gasteiger partial charge in [-0.1, -0.05) is 30.0 Å². The SMILES string of the molecule is Nc1cc(=O)[nH]c(SCc2ccccc2[N+](=O)[O-])n1. The average Bonchev–Trinajstić information content (AvgIpc) is 2.35. The second-order valence-electron chi connectivity index (χ2n) is 3.65. The number of para-hydroxylation sites is 1. The van der Waals surface area contributed by atoms with Gasteiger partial charge >= 0.3 is 0 Å². The lowest BCUT2D eigenvalue weighted by molar-refractivity contribution is -0.385. The van der Waals surface area contributed by atoms with Gasteiger partial charge in [0.2, 0.25) is 0 Å². The van der Waals surface area contributed by atoms with Crippen LogP contribution in [0.5, 0.6) is 0 Å². The number of aromatic amines is 1. The number of hydrogen-bond donors (Lipinski definition) is 2. The van der Waals surface area contributed by atoms with E-state index in [-0.39, 0.29) is 17.1 Å². The summed E-state index contributed by atoms with van der Waals surface area (Å²) in [6.45, 7) is 0. The summed E-state index contributed by atoms with van der Waals surface area (Å²) in [7, 11) is 0. The van der Waals surface area contributed by atoms with Crippen LogP contribution in [0.4, 0.5) is 11.5 Å². The van der Waals surface area contributed by atoms with Crippen LogP contribution in [0, 0.1) is 10.1 Å². The average molecular weight is 278 g/mol. The van der Waals surface area contributed by atoms with Crippen molar-refractivity contribution in [2.75, 3.05) is 5.73 Å². The third kappa shape index (κ3) is 3.32. The molecule has 3 N–H and O–H groups in total. The first-order valence-electron chi connectivity index (χ1n) is 5.28. The van der Waals surface area contributed by atoms with Crippen LogP contribution in [0.15, 0.2) is 40.3 Å². The summed E-state index contributed by atoms with van der Waals surface area (Å²) >= 11 is 1.18. The first kappa shape index (κ1) is 13.1. The maximum Gasteiger partial charge on any atom is 0.273 e. The molecular formula is C11H10N4O3S. The molecule has 0 atom stereocenters. The molecule has 0 fully saturated rings. The number of rotatable bonds is 4. The molecule has 0 spiro atoms. The zero-order valence-electron chi connectivity index (χ0n) is 9.70. The quantitative estimate of drug-likeness (QED) is 0.379. The Morgan fingerprint density at radius 2 is 2.16 bits per heavy atom. The van der Waals surface area contributed by atoms with E-state index in [0.717, 1.165) is 0 Å². The van der Waals surface area contributed by atoms with E-state index in [2.05, 4.69) is 9.97 Å². The molecule has 0 saturated carbocycles. The number of H-pyrrole nitrogens is 1. The molecule has 7 nitrogen and oxygen atoms in total. The zero-order chi connectivity index (χ0) is 13.8. The standard InChI is InChI=1S/C11H10N4O3S/c12-9-5-10(16)14-11(13-9)19-6-7-3-1-2-4-8(7)15(17)18/h1-5H,6H2,(H3,12,13,14,16). The van der Waals surface area contributed by atoms with Crippen molar-refractivity contribution in [3.05, 3.63) is 56.4 Å². The highest BCUT2D eigenvalue weighted by Gasteiger charge is 2.12. The molecule has 8 heteroatoms. The Morgan fingerprint density at radius 1 is 1.42 bits per heavy atom. The minimum atomic E-state index is -0.439. The molecule has 1 heterocycles. The Kier molecular flexibility index (Phi) is 3.81. The Hall–Kier alpha value is -2.35. The molecule has 0 aliphatic rings. The van der Waals surface area contributed by atoms with Crippen LogP contribution in [0.1, 0.15) is 5.56 Å². The number of nitrogens with zero attached hydrogens (tertiary/aromatic N) is 2. The van der Waals surface area contributed by atoms with Gasteiger partial charge in [-0.3, -0.25) is 14.9 Å². The highest BCUT2D eigenvalue weighted by molar-refractivity contribution is 7.98. The van der Waals surface area contributed by atoms with E-state index in [1.807, 2.05) is 0 Å². The van der Waals surface area contributed by atoms with Crippen LogP contribution in [-0.4, -0.2) is 14.9 Å². The van der Waals surface area contributed by atoms with Crippen LogP contribution in [0.25, 0.3) is 0 Å². The number of nitrogen functional groups attached to an aromatic ring is 1. The molecule has 0 bridgehead atoms. The fraction of sp³-hybridized carbons (Fsp3) is 0.0909. The van der Waals surface area contributed by atoms with Gasteiger partial charge in [-0.05, 0) is 0 Å². The zero-order valence-corrected chi connectivity index (χ0v) is 10.5. The number of anilines is 1. The summed E-state index contributed by atoms with van der Waals surface area (Å²) in [6, 6.07) is 7.60. The number of nitro benzene ring substituents is 1. The lowest BCUT2D eigenvalue weighted by atomic mass is 10.2. The Morgan fingerprint density at radius 3 is 2.84 bits per heavy atom. The summed E-state index contributed by atoms with van der Waals surface area (Å²) in [5.74, 6) is 0.442. The number of thioether (sulfide) groups is 1. The molecule has 0 amide bonds. The second-order valence-corrected chi connectivity index (χ2v) is 4.61. The van der Waals surface area contributed by atoms with Gasteiger partial charge in [-0.25, -0.2) is 4.98 Å². The monoisotopic (exact) mass is 278 g/mol. The second kappa shape index (κ2) is 5.53. The molecular weight excluding hydrogens is 268 g/mol. The van der Waals surface area contributed by atoms with Crippen LogP contribution in [-0.2, 0) is 5.75 Å². The van der Waals surface area contributed by atoms with Gasteiger partial charge < -0.3 is 10.7 Å². The number of nitrogens with one attached hydrogen (secondary N) is 1. The maximum absolute atomic E-state index is 11.2. The van der Waals surface area contributed by atoms with Crippen molar-refractivity contribution in [3.63, 3.8) is 0 Å². The largest absolute Gasteiger partial charge is 0.383 e. The van der Waals surface area contributed by atoms with Crippen LogP contribution in [0.3, 0.4) is 0 Å². The predicted octanol–water partition coefficient (Wildman–Crippen LogP) is 1.55. The van der Waals surface area contributed by atoms with Crippen LogP contribution >= 0.6 is 11.8 Å². The van der Waals surface area contributed by atoms with Crippen molar-refractivity contribution >= 4 is 23.3 Å². The fourth-order valence-electron chi connectivity index (χ4n) is 1.48. The fourth-order valence-corrected chi connectivity index (χ4v) is 2.36. The molecule has 0 radical (unpaired) electrons. The number of nitrogens with two attached hydrogens (primary N) is 1. The normalized spacial score (nSPS) is 10.3. The van der Waals surface area contributed by atoms with Crippen LogP contribution < -0.4 is 11.3 Å². The third-order valence-electron chi connectivity index (χ3n) is 2.29. The maximum atomic E-state index is 11.2. The number of hydrogen-bond acceptors (Lipinski definition) is 6. The summed E-state index contributed by atoms with van der Waals surface area (Å²) < 4.78 is 0. The van der Waals surface area contributed by atoms with E-state index in [1.54, 1.807) is 18.2 Å². The number of benzene rings is 1. The first-order chi connectivity index (χ1) is 9.06. The van der Waals surface area contributed by atoms with Crippen molar-refractivity contribution in [2.24, 2.45) is 0 Å². The van der Waals surface area contributed by atoms with Gasteiger partial charge in [0.05, 0.1) is 4.92 Å². The van der Waals surface area contributed by atoms with Gasteiger partial charge in [0.15, 0.2) is 5.16 Å². The summed E-state index contributed by atoms with van der Waals surface area (Å²) in [4.78, 5) is 28.1. The third-order valence-corrected chi connectivity index (χ3v) is 3.21. The van der Waals surface area contributed by atoms with E-state index in [1.165, 1.54) is 23.9 Å². The molecule has 2 aromatic rings. The van der Waals surface area contributed by atoms with Crippen molar-refractivity contribution < 1.29 is 4.92 Å². The van der Waals surface area contributed by atoms with E-state index in [4.69, 9.17) is 5.73 Å². The number of nitro groups is 1. The molecule has 0 saturated heterocycles. The first-order valence-corrected chi connectivity index (χ1v) is 6.27. The minimum Gasteiger partial charge on any atom is -0.383 e. The molecule has 0 unspecified atom stereocenters. The van der Waals surface area contributed by atoms with Crippen molar-refractivity contribution in [3.8, 4) is 0 Å². The van der Waals surface area contributed by atoms with Crippen LogP contribution in [0.2, 0.25) is 0 Å². The molecule has 2 rings (SSSR count). The highest BCUT2D eigenvalue weighted by Crippen LogP contribution is 2.25. The lowest BCUT2D eigenvalue weighted by Crippen LogP contribution is -2.09. The van der Waals surface area contributed by atoms with Crippen molar-refractivity contribution in [1.29, 1.82) is 0 Å². The molecule has 0 aliphatic heterocycles. The van der Waals surface area contributed by atoms with E-state index in [0.29, 0.717) is 16.5 Å². The highest BCUT2D eigenvalue weighted by atomic mass is 32.2. The van der Waals surface area contributed by atoms with E-state index < -0.39 is 4.92 Å². The molecule has 98 valence electrons. The van der Waals surface area contributed by atoms with Gasteiger partial charge in [0.1, 0.15) is 5.82 Å². The molecule has 1 aromatic carbocycles. The van der Waals surface area contributed by atoms with Crippen molar-refractivity contribution in [1.82, 2.24) is 9.97 Å². The summed E-state index contributed by atoms with van der Waals surface area (Å²) in [5.41, 5.74) is 5.71. The summed E-state index contributed by atoms with van der Waals surface area (Å²) in [6.07, 6.45) is 0. The van der Waals surface area contributed by atoms with E-state index >= 15 is 0 Å². The van der Waals surface area contributed by atoms with Gasteiger partial charge in [-0.15, -0.1) is 0 Å². The lowest BCUT2D eigenvalue weighted by Gasteiger charge is -2.03. The Balaban J connectivity index is 2.19. The predicted molar refractivity (Wildman–Crippen MR) is 71.9 cm³/mol. The van der Waals surface area contributed by atoms with Gasteiger partial charge in [-0.2, -0.15) is 0 Å². The van der Waals surface area contributed by atoms with Gasteiger partial charge in [0.25, 0.3) is 11.2 Å². The minimum absolute atomic E-state index is 0.0428. The summed E-state index contributed by atoms with van der Waals surface area (Å²) in [5, 5.41) is 11.2. The smallest absolute Gasteiger partial charge is 0.273 e. The molecule has 0 aliphatic carbocycles. The molecule has 19 heavy (non-hydrogen) atoms. The number of aromatic nitrogens is 2.